The Kier molecular flexibility index (Phi) is 4.01. The van der Waals surface area contributed by atoms with Gasteiger partial charge in [0.15, 0.2) is 6.29 Å². The Hall–Kier alpha value is -3.40. The molecule has 4 nitrogen and oxygen atoms in total. The first-order chi connectivity index (χ1) is 12.4. The summed E-state index contributed by atoms with van der Waals surface area (Å²) in [4.78, 5) is 18.9. The van der Waals surface area contributed by atoms with Crippen molar-refractivity contribution in [3.8, 4) is 11.1 Å². The molecule has 0 aliphatic carbocycles. The molecule has 25 heavy (non-hydrogen) atoms. The van der Waals surface area contributed by atoms with E-state index >= 15 is 0 Å². The lowest BCUT2D eigenvalue weighted by Gasteiger charge is -2.14. The minimum Gasteiger partial charge on any atom is -0.380 e. The van der Waals surface area contributed by atoms with Gasteiger partial charge in [0, 0.05) is 52.7 Å². The molecular weight excluding hydrogens is 310 g/mol. The lowest BCUT2D eigenvalue weighted by Crippen LogP contribution is -2.04. The normalized spacial score (nSPS) is 10.7. The summed E-state index contributed by atoms with van der Waals surface area (Å²) >= 11 is 0. The molecule has 0 saturated carbocycles. The fourth-order valence-corrected chi connectivity index (χ4v) is 3.08. The van der Waals surface area contributed by atoms with Gasteiger partial charge >= 0.3 is 0 Å². The first-order valence-electron chi connectivity index (χ1n) is 8.14. The van der Waals surface area contributed by atoms with Gasteiger partial charge < -0.3 is 10.3 Å². The van der Waals surface area contributed by atoms with Crippen LogP contribution in [0.1, 0.15) is 15.9 Å². The first kappa shape index (κ1) is 15.1. The van der Waals surface area contributed by atoms with Crippen LogP contribution in [0.25, 0.3) is 22.0 Å². The molecule has 122 valence electrons. The third-order valence-corrected chi connectivity index (χ3v) is 4.32. The summed E-state index contributed by atoms with van der Waals surface area (Å²) in [5.74, 6) is 0. The van der Waals surface area contributed by atoms with E-state index in [1.165, 1.54) is 0 Å². The Balaban J connectivity index is 1.79. The van der Waals surface area contributed by atoms with E-state index in [0.717, 1.165) is 39.6 Å². The van der Waals surface area contributed by atoms with Crippen molar-refractivity contribution in [2.45, 2.75) is 6.54 Å². The summed E-state index contributed by atoms with van der Waals surface area (Å²) in [6.45, 7) is 0.628. The zero-order chi connectivity index (χ0) is 17.1. The van der Waals surface area contributed by atoms with Gasteiger partial charge in [-0.3, -0.25) is 9.78 Å². The number of anilines is 1. The van der Waals surface area contributed by atoms with Gasteiger partial charge in [-0.2, -0.15) is 0 Å². The Morgan fingerprint density at radius 3 is 2.64 bits per heavy atom. The van der Waals surface area contributed by atoms with Crippen LogP contribution in [0.15, 0.2) is 73.2 Å². The molecule has 0 spiro atoms. The lowest BCUT2D eigenvalue weighted by molar-refractivity contribution is 0.112. The van der Waals surface area contributed by atoms with Gasteiger partial charge in [-0.1, -0.05) is 30.3 Å². The van der Waals surface area contributed by atoms with E-state index in [1.54, 1.807) is 12.4 Å². The summed E-state index contributed by atoms with van der Waals surface area (Å²) < 4.78 is 0. The number of pyridine rings is 1. The largest absolute Gasteiger partial charge is 0.380 e. The molecule has 2 aromatic heterocycles. The topological polar surface area (TPSA) is 57.8 Å². The van der Waals surface area contributed by atoms with Gasteiger partial charge in [-0.25, -0.2) is 0 Å². The van der Waals surface area contributed by atoms with E-state index in [1.807, 2.05) is 54.7 Å². The van der Waals surface area contributed by atoms with Gasteiger partial charge in [0.2, 0.25) is 0 Å². The number of nitrogens with one attached hydrogen (secondary N) is 2. The smallest absolute Gasteiger partial charge is 0.152 e. The number of H-pyrrole nitrogens is 1. The monoisotopic (exact) mass is 327 g/mol. The molecule has 0 fully saturated rings. The summed E-state index contributed by atoms with van der Waals surface area (Å²) in [6, 6.07) is 17.9. The van der Waals surface area contributed by atoms with Gasteiger partial charge in [0.1, 0.15) is 0 Å². The predicted molar refractivity (Wildman–Crippen MR) is 101 cm³/mol. The third-order valence-electron chi connectivity index (χ3n) is 4.32. The Morgan fingerprint density at radius 1 is 0.960 bits per heavy atom. The molecule has 2 N–H and O–H groups in total. The highest BCUT2D eigenvalue weighted by molar-refractivity contribution is 6.01. The maximum atomic E-state index is 11.6. The SMILES string of the molecule is O=Cc1cccc(-c2c[nH]c3ccccc23)c1NCc1ccncc1. The number of hydrogen-bond acceptors (Lipinski definition) is 3. The summed E-state index contributed by atoms with van der Waals surface area (Å²) in [6.07, 6.45) is 6.42. The molecule has 4 rings (SSSR count). The second kappa shape index (κ2) is 6.61. The van der Waals surface area contributed by atoms with E-state index in [4.69, 9.17) is 0 Å². The Labute approximate surface area is 145 Å². The number of fused-ring (bicyclic) bond motifs is 1. The van der Waals surface area contributed by atoms with E-state index in [9.17, 15) is 4.79 Å². The van der Waals surface area contributed by atoms with Crippen molar-refractivity contribution >= 4 is 22.9 Å². The second-order valence-electron chi connectivity index (χ2n) is 5.84. The van der Waals surface area contributed by atoms with Crippen LogP contribution in [0.5, 0.6) is 0 Å². The van der Waals surface area contributed by atoms with Crippen molar-refractivity contribution < 1.29 is 4.79 Å². The van der Waals surface area contributed by atoms with Crippen molar-refractivity contribution in [1.82, 2.24) is 9.97 Å². The van der Waals surface area contributed by atoms with Crippen LogP contribution in [0.2, 0.25) is 0 Å². The molecule has 4 aromatic rings. The van der Waals surface area contributed by atoms with E-state index in [2.05, 4.69) is 21.4 Å². The minimum atomic E-state index is 0.628. The number of carbonyl (C=O) groups is 1. The molecule has 2 heterocycles. The average Bonchev–Trinajstić information content (AvgIpc) is 3.11. The molecule has 0 aliphatic rings. The number of nitrogens with zero attached hydrogens (tertiary/aromatic N) is 1. The van der Waals surface area contributed by atoms with Crippen LogP contribution in [0.4, 0.5) is 5.69 Å². The van der Waals surface area contributed by atoms with Crippen LogP contribution in [0.3, 0.4) is 0 Å². The number of carbonyl (C=O) groups excluding carboxylic acids is 1. The molecule has 0 aliphatic heterocycles. The number of rotatable bonds is 5. The molecule has 0 radical (unpaired) electrons. The van der Waals surface area contributed by atoms with E-state index in [0.29, 0.717) is 12.1 Å². The van der Waals surface area contributed by atoms with Crippen LogP contribution in [0, 0.1) is 0 Å². The highest BCUT2D eigenvalue weighted by atomic mass is 16.1. The molecule has 0 unspecified atom stereocenters. The average molecular weight is 327 g/mol. The van der Waals surface area contributed by atoms with E-state index < -0.39 is 0 Å². The second-order valence-corrected chi connectivity index (χ2v) is 5.84. The fraction of sp³-hybridized carbons (Fsp3) is 0.0476. The molecule has 0 atom stereocenters. The number of para-hydroxylation sites is 2. The number of aromatic nitrogens is 2. The van der Waals surface area contributed by atoms with Crippen LogP contribution in [-0.2, 0) is 6.54 Å². The summed E-state index contributed by atoms with van der Waals surface area (Å²) in [5, 5.41) is 4.57. The highest BCUT2D eigenvalue weighted by Gasteiger charge is 2.13. The third kappa shape index (κ3) is 2.90. The number of aromatic amines is 1. The van der Waals surface area contributed by atoms with Gasteiger partial charge in [-0.05, 0) is 29.8 Å². The van der Waals surface area contributed by atoms with Crippen molar-refractivity contribution in [1.29, 1.82) is 0 Å². The van der Waals surface area contributed by atoms with Gasteiger partial charge in [-0.15, -0.1) is 0 Å². The predicted octanol–water partition coefficient (Wildman–Crippen LogP) is 4.65. The summed E-state index contributed by atoms with van der Waals surface area (Å²) in [5.41, 5.74) is 5.78. The van der Waals surface area contributed by atoms with Crippen molar-refractivity contribution in [3.63, 3.8) is 0 Å². The van der Waals surface area contributed by atoms with Crippen LogP contribution < -0.4 is 5.32 Å². The number of benzene rings is 2. The zero-order valence-corrected chi connectivity index (χ0v) is 13.6. The Bertz CT molecular complexity index is 1020. The minimum absolute atomic E-state index is 0.628. The van der Waals surface area contributed by atoms with Crippen molar-refractivity contribution in [2.24, 2.45) is 0 Å². The molecule has 0 bridgehead atoms. The lowest BCUT2D eigenvalue weighted by atomic mass is 9.99. The van der Waals surface area contributed by atoms with Gasteiger partial charge in [0.05, 0.1) is 5.69 Å². The molecule has 0 amide bonds. The molecule has 2 aromatic carbocycles. The molecule has 0 saturated heterocycles. The summed E-state index contributed by atoms with van der Waals surface area (Å²) in [7, 11) is 0. The number of hydrogen-bond donors (Lipinski definition) is 2. The van der Waals surface area contributed by atoms with Crippen molar-refractivity contribution in [2.75, 3.05) is 5.32 Å². The fourth-order valence-electron chi connectivity index (χ4n) is 3.08. The van der Waals surface area contributed by atoms with Crippen LogP contribution in [-0.4, -0.2) is 16.3 Å². The maximum Gasteiger partial charge on any atom is 0.152 e. The number of aldehydes is 1. The quantitative estimate of drug-likeness (QED) is 0.524. The van der Waals surface area contributed by atoms with Crippen molar-refractivity contribution in [3.05, 3.63) is 84.3 Å². The highest BCUT2D eigenvalue weighted by Crippen LogP contribution is 2.35. The van der Waals surface area contributed by atoms with E-state index in [-0.39, 0.29) is 0 Å². The van der Waals surface area contributed by atoms with Crippen LogP contribution >= 0.6 is 0 Å². The zero-order valence-electron chi connectivity index (χ0n) is 13.6. The Morgan fingerprint density at radius 2 is 1.80 bits per heavy atom. The first-order valence-corrected chi connectivity index (χ1v) is 8.14. The standard InChI is InChI=1S/C21H17N3O/c25-14-16-4-3-6-18(19-13-23-20-7-2-1-5-17(19)20)21(16)24-12-15-8-10-22-11-9-15/h1-11,13-14,23-24H,12H2. The van der Waals surface area contributed by atoms with Gasteiger partial charge in [0.25, 0.3) is 0 Å². The maximum absolute atomic E-state index is 11.6. The molecule has 4 heteroatoms. The molecular formula is C21H17N3O.